The molecule has 208 valence electrons. The van der Waals surface area contributed by atoms with Crippen LogP contribution in [0.25, 0.3) is 0 Å². The zero-order chi connectivity index (χ0) is 28.6. The molecule has 2 atom stereocenters. The van der Waals surface area contributed by atoms with Crippen LogP contribution in [0.3, 0.4) is 0 Å². The number of benzene rings is 4. The van der Waals surface area contributed by atoms with Gasteiger partial charge in [-0.2, -0.15) is 0 Å². The van der Waals surface area contributed by atoms with Crippen LogP contribution in [0, 0.1) is 67.2 Å². The summed E-state index contributed by atoms with van der Waals surface area (Å²) in [6, 6.07) is 29.1. The van der Waals surface area contributed by atoms with E-state index in [2.05, 4.69) is 128 Å². The summed E-state index contributed by atoms with van der Waals surface area (Å²) >= 11 is 0. The first kappa shape index (κ1) is 29.2. The Labute approximate surface area is 246 Å². The normalized spacial score (nSPS) is 16.9. The molecule has 0 radical (unpaired) electrons. The third kappa shape index (κ3) is 6.96. The van der Waals surface area contributed by atoms with Gasteiger partial charge in [-0.25, -0.2) is 0 Å². The lowest BCUT2D eigenvalue weighted by Gasteiger charge is -2.41. The van der Waals surface area contributed by atoms with Crippen molar-refractivity contribution in [2.75, 3.05) is 12.3 Å². The van der Waals surface area contributed by atoms with Gasteiger partial charge in [-0.3, -0.25) is 0 Å². The molecule has 0 spiro atoms. The van der Waals surface area contributed by atoms with Crippen LogP contribution in [0.15, 0.2) is 72.8 Å². The highest BCUT2D eigenvalue weighted by atomic mass is 31.1. The minimum absolute atomic E-state index is 0.383. The monoisotopic (exact) mass is 564 g/mol. The molecule has 40 heavy (non-hydrogen) atoms. The van der Waals surface area contributed by atoms with E-state index in [0.717, 1.165) is 11.8 Å². The van der Waals surface area contributed by atoms with E-state index in [9.17, 15) is 0 Å². The summed E-state index contributed by atoms with van der Waals surface area (Å²) in [4.78, 5) is 0. The molecule has 0 aliphatic heterocycles. The Morgan fingerprint density at radius 3 is 0.750 bits per heavy atom. The lowest BCUT2D eigenvalue weighted by molar-refractivity contribution is 0.228. The molecule has 0 aromatic heterocycles. The third-order valence-corrected chi connectivity index (χ3v) is 13.7. The summed E-state index contributed by atoms with van der Waals surface area (Å²) in [5.74, 6) is 1.60. The smallest absolute Gasteiger partial charge is 0.0190 e. The molecular formula is C38H46P2. The molecule has 0 saturated heterocycles. The van der Waals surface area contributed by atoms with Crippen molar-refractivity contribution in [2.45, 2.75) is 68.2 Å². The van der Waals surface area contributed by atoms with Gasteiger partial charge in [-0.05, 0) is 129 Å². The van der Waals surface area contributed by atoms with Crippen molar-refractivity contribution >= 4 is 37.1 Å². The molecule has 1 aliphatic rings. The number of rotatable bonds is 8. The highest BCUT2D eigenvalue weighted by molar-refractivity contribution is 7.73. The van der Waals surface area contributed by atoms with Gasteiger partial charge in [0.2, 0.25) is 0 Å². The second kappa shape index (κ2) is 12.3. The van der Waals surface area contributed by atoms with Crippen LogP contribution in [0.4, 0.5) is 0 Å². The standard InChI is InChI=1S/C38H46P2/c1-25-11-26(2)16-35(15-25)39(36-17-27(3)12-28(4)18-36)23-33-9-10-34(33)24-40(37-19-29(5)13-30(6)20-37)38-21-31(7)14-32(8)22-38/h11-22,33-34H,9-10,23-24H2,1-8H3. The molecule has 0 heterocycles. The number of aryl methyl sites for hydroxylation is 8. The van der Waals surface area contributed by atoms with Gasteiger partial charge in [0.25, 0.3) is 0 Å². The highest BCUT2D eigenvalue weighted by Crippen LogP contribution is 2.50. The van der Waals surface area contributed by atoms with Gasteiger partial charge in [0.15, 0.2) is 0 Å². The van der Waals surface area contributed by atoms with Gasteiger partial charge in [0, 0.05) is 0 Å². The predicted molar refractivity (Wildman–Crippen MR) is 182 cm³/mol. The molecule has 1 saturated carbocycles. The Kier molecular flexibility index (Phi) is 9.00. The van der Waals surface area contributed by atoms with Crippen LogP contribution in [0.1, 0.15) is 57.3 Å². The maximum absolute atomic E-state index is 2.47. The van der Waals surface area contributed by atoms with Crippen LogP contribution in [-0.2, 0) is 0 Å². The molecule has 0 nitrogen and oxygen atoms in total. The van der Waals surface area contributed by atoms with E-state index in [1.54, 1.807) is 21.2 Å². The summed E-state index contributed by atoms with van der Waals surface area (Å²) in [7, 11) is -0.766. The molecule has 2 heteroatoms. The average Bonchev–Trinajstić information content (AvgIpc) is 2.81. The summed E-state index contributed by atoms with van der Waals surface area (Å²) in [6.07, 6.45) is 5.38. The third-order valence-electron chi connectivity index (χ3n) is 8.48. The van der Waals surface area contributed by atoms with E-state index >= 15 is 0 Å². The minimum atomic E-state index is -0.383. The van der Waals surface area contributed by atoms with Crippen LogP contribution >= 0.6 is 15.8 Å². The van der Waals surface area contributed by atoms with Crippen LogP contribution in [-0.4, -0.2) is 12.3 Å². The molecule has 4 aromatic rings. The second-order valence-corrected chi connectivity index (χ2v) is 17.2. The fourth-order valence-corrected chi connectivity index (χ4v) is 12.9. The molecule has 0 N–H and O–H groups in total. The topological polar surface area (TPSA) is 0 Å². The fourth-order valence-electron chi connectivity index (χ4n) is 6.73. The Hall–Kier alpha value is -2.26. The van der Waals surface area contributed by atoms with E-state index in [-0.39, 0.29) is 15.8 Å². The van der Waals surface area contributed by atoms with Crippen molar-refractivity contribution in [3.63, 3.8) is 0 Å². The van der Waals surface area contributed by atoms with Crippen LogP contribution in [0.5, 0.6) is 0 Å². The zero-order valence-electron chi connectivity index (χ0n) is 25.8. The second-order valence-electron chi connectivity index (χ2n) is 12.7. The Bertz CT molecular complexity index is 1220. The van der Waals surface area contributed by atoms with E-state index in [1.807, 2.05) is 0 Å². The lowest BCUT2D eigenvalue weighted by Crippen LogP contribution is -2.35. The van der Waals surface area contributed by atoms with Gasteiger partial charge >= 0.3 is 0 Å². The van der Waals surface area contributed by atoms with Crippen molar-refractivity contribution in [1.82, 2.24) is 0 Å². The van der Waals surface area contributed by atoms with Crippen molar-refractivity contribution in [3.8, 4) is 0 Å². The molecule has 1 fully saturated rings. The predicted octanol–water partition coefficient (Wildman–Crippen LogP) is 8.75. The van der Waals surface area contributed by atoms with Gasteiger partial charge in [-0.15, -0.1) is 0 Å². The first-order valence-electron chi connectivity index (χ1n) is 14.9. The van der Waals surface area contributed by atoms with E-state index in [1.165, 1.54) is 69.7 Å². The minimum Gasteiger partial charge on any atom is -0.0563 e. The molecular weight excluding hydrogens is 518 g/mol. The molecule has 0 amide bonds. The molecule has 1 aliphatic carbocycles. The van der Waals surface area contributed by atoms with Gasteiger partial charge in [-0.1, -0.05) is 117 Å². The van der Waals surface area contributed by atoms with Crippen LogP contribution < -0.4 is 21.2 Å². The van der Waals surface area contributed by atoms with Crippen LogP contribution in [0.2, 0.25) is 0 Å². The molecule has 4 aromatic carbocycles. The largest absolute Gasteiger partial charge is 0.0563 e. The Morgan fingerprint density at radius 2 is 0.575 bits per heavy atom. The van der Waals surface area contributed by atoms with Gasteiger partial charge in [0.05, 0.1) is 0 Å². The van der Waals surface area contributed by atoms with Crippen molar-refractivity contribution < 1.29 is 0 Å². The van der Waals surface area contributed by atoms with Crippen molar-refractivity contribution in [3.05, 3.63) is 117 Å². The summed E-state index contributed by atoms with van der Waals surface area (Å²) < 4.78 is 0. The quantitative estimate of drug-likeness (QED) is 0.188. The SMILES string of the molecule is Cc1cc(C)cc(P(CC2CCC2CP(c2cc(C)cc(C)c2)c2cc(C)cc(C)c2)c2cc(C)cc(C)c2)c1. The Balaban J connectivity index is 1.48. The van der Waals surface area contributed by atoms with Gasteiger partial charge < -0.3 is 0 Å². The maximum atomic E-state index is 2.47. The zero-order valence-corrected chi connectivity index (χ0v) is 27.6. The summed E-state index contributed by atoms with van der Waals surface area (Å²) in [5, 5.41) is 6.26. The molecule has 0 bridgehead atoms. The summed E-state index contributed by atoms with van der Waals surface area (Å²) in [5.41, 5.74) is 11.1. The molecule has 5 rings (SSSR count). The van der Waals surface area contributed by atoms with Gasteiger partial charge in [0.1, 0.15) is 0 Å². The average molecular weight is 565 g/mol. The highest BCUT2D eigenvalue weighted by Gasteiger charge is 2.36. The molecule has 2 unspecified atom stereocenters. The Morgan fingerprint density at radius 1 is 0.375 bits per heavy atom. The number of hydrogen-bond acceptors (Lipinski definition) is 0. The van der Waals surface area contributed by atoms with Crippen molar-refractivity contribution in [1.29, 1.82) is 0 Å². The lowest BCUT2D eigenvalue weighted by atomic mass is 9.76. The number of hydrogen-bond donors (Lipinski definition) is 0. The van der Waals surface area contributed by atoms with E-state index in [4.69, 9.17) is 0 Å². The van der Waals surface area contributed by atoms with E-state index in [0.29, 0.717) is 0 Å². The first-order valence-corrected chi connectivity index (χ1v) is 18.0. The van der Waals surface area contributed by atoms with Crippen molar-refractivity contribution in [2.24, 2.45) is 11.8 Å². The summed E-state index contributed by atoms with van der Waals surface area (Å²) in [6.45, 7) is 18.1. The maximum Gasteiger partial charge on any atom is -0.0190 e. The first-order chi connectivity index (χ1) is 19.0. The fraction of sp³-hybridized carbons (Fsp3) is 0.368. The van der Waals surface area contributed by atoms with E-state index < -0.39 is 0 Å².